The standard InChI is InChI=1S/C18H25N5O/c1-2-6-15-11-16(22-21-15)18(24)20-13-17(23-9-3-4-10-23)14-7-5-8-19-12-14/h5,7-8,11-12,17H,2-4,6,9-10,13H2,1H3,(H,20,24)(H,21,22). The van der Waals surface area contributed by atoms with Crippen molar-refractivity contribution in [2.24, 2.45) is 0 Å². The Morgan fingerprint density at radius 1 is 1.42 bits per heavy atom. The predicted octanol–water partition coefficient (Wildman–Crippen LogP) is 2.32. The van der Waals surface area contributed by atoms with Gasteiger partial charge in [0, 0.05) is 24.6 Å². The Bertz CT molecular complexity index is 648. The van der Waals surface area contributed by atoms with Crippen LogP contribution in [0, 0.1) is 0 Å². The van der Waals surface area contributed by atoms with Crippen LogP contribution in [0.4, 0.5) is 0 Å². The summed E-state index contributed by atoms with van der Waals surface area (Å²) in [6, 6.07) is 6.04. The normalized spacial score (nSPS) is 16.2. The van der Waals surface area contributed by atoms with Gasteiger partial charge in [0.2, 0.25) is 0 Å². The topological polar surface area (TPSA) is 73.9 Å². The first-order chi connectivity index (χ1) is 11.8. The van der Waals surface area contributed by atoms with E-state index in [2.05, 4.69) is 38.4 Å². The molecule has 2 aromatic rings. The van der Waals surface area contributed by atoms with Crippen LogP contribution in [0.2, 0.25) is 0 Å². The van der Waals surface area contributed by atoms with Crippen LogP contribution in [0.3, 0.4) is 0 Å². The minimum atomic E-state index is -0.123. The summed E-state index contributed by atoms with van der Waals surface area (Å²) in [5, 5.41) is 10.1. The highest BCUT2D eigenvalue weighted by Crippen LogP contribution is 2.24. The summed E-state index contributed by atoms with van der Waals surface area (Å²) >= 11 is 0. The van der Waals surface area contributed by atoms with Gasteiger partial charge in [-0.25, -0.2) is 0 Å². The van der Waals surface area contributed by atoms with Gasteiger partial charge < -0.3 is 5.32 Å². The number of carbonyl (C=O) groups is 1. The number of carbonyl (C=O) groups excluding carboxylic acids is 1. The molecule has 0 spiro atoms. The quantitative estimate of drug-likeness (QED) is 0.818. The molecule has 0 aliphatic carbocycles. The lowest BCUT2D eigenvalue weighted by atomic mass is 10.1. The third-order valence-corrected chi connectivity index (χ3v) is 4.49. The molecule has 1 aliphatic heterocycles. The van der Waals surface area contributed by atoms with Crippen molar-refractivity contribution in [2.75, 3.05) is 19.6 Å². The van der Waals surface area contributed by atoms with Crippen molar-refractivity contribution < 1.29 is 4.79 Å². The number of amides is 1. The van der Waals surface area contributed by atoms with E-state index in [1.54, 1.807) is 6.20 Å². The molecular weight excluding hydrogens is 302 g/mol. The first-order valence-electron chi connectivity index (χ1n) is 8.74. The Balaban J connectivity index is 1.65. The lowest BCUT2D eigenvalue weighted by Crippen LogP contribution is -2.37. The maximum atomic E-state index is 12.4. The van der Waals surface area contributed by atoms with Crippen LogP contribution < -0.4 is 5.32 Å². The molecule has 3 heterocycles. The Hall–Kier alpha value is -2.21. The monoisotopic (exact) mass is 327 g/mol. The molecule has 2 N–H and O–H groups in total. The lowest BCUT2D eigenvalue weighted by molar-refractivity contribution is 0.0933. The molecule has 1 atom stereocenters. The molecule has 0 bridgehead atoms. The lowest BCUT2D eigenvalue weighted by Gasteiger charge is -2.27. The second-order valence-corrected chi connectivity index (χ2v) is 6.28. The summed E-state index contributed by atoms with van der Waals surface area (Å²) in [6.07, 6.45) is 8.04. The first kappa shape index (κ1) is 16.6. The molecule has 0 aromatic carbocycles. The Morgan fingerprint density at radius 2 is 2.25 bits per heavy atom. The molecule has 0 saturated carbocycles. The molecule has 1 aliphatic rings. The molecule has 1 unspecified atom stereocenters. The van der Waals surface area contributed by atoms with E-state index >= 15 is 0 Å². The second-order valence-electron chi connectivity index (χ2n) is 6.28. The number of pyridine rings is 1. The van der Waals surface area contributed by atoms with E-state index in [4.69, 9.17) is 0 Å². The molecule has 0 radical (unpaired) electrons. The average Bonchev–Trinajstić information content (AvgIpc) is 3.28. The van der Waals surface area contributed by atoms with Crippen LogP contribution in [-0.2, 0) is 6.42 Å². The van der Waals surface area contributed by atoms with E-state index in [0.29, 0.717) is 12.2 Å². The van der Waals surface area contributed by atoms with Crippen LogP contribution >= 0.6 is 0 Å². The van der Waals surface area contributed by atoms with Crippen LogP contribution in [0.1, 0.15) is 54.0 Å². The number of rotatable bonds is 7. The number of nitrogens with one attached hydrogen (secondary N) is 2. The van der Waals surface area contributed by atoms with Crippen LogP contribution in [0.25, 0.3) is 0 Å². The van der Waals surface area contributed by atoms with Gasteiger partial charge in [-0.05, 0) is 50.0 Å². The number of H-pyrrole nitrogens is 1. The molecule has 3 rings (SSSR count). The summed E-state index contributed by atoms with van der Waals surface area (Å²) in [7, 11) is 0. The molecule has 128 valence electrons. The highest BCUT2D eigenvalue weighted by molar-refractivity contribution is 5.92. The maximum Gasteiger partial charge on any atom is 0.271 e. The third kappa shape index (κ3) is 4.00. The Morgan fingerprint density at radius 3 is 2.96 bits per heavy atom. The van der Waals surface area contributed by atoms with Crippen molar-refractivity contribution in [3.8, 4) is 0 Å². The fourth-order valence-electron chi connectivity index (χ4n) is 3.24. The van der Waals surface area contributed by atoms with E-state index in [1.807, 2.05) is 18.3 Å². The molecule has 2 aromatic heterocycles. The predicted molar refractivity (Wildman–Crippen MR) is 92.7 cm³/mol. The van der Waals surface area contributed by atoms with Crippen LogP contribution in [0.5, 0.6) is 0 Å². The SMILES string of the molecule is CCCc1cc(C(=O)NCC(c2cccnc2)N2CCCC2)n[nH]1. The van der Waals surface area contributed by atoms with E-state index < -0.39 is 0 Å². The number of hydrogen-bond acceptors (Lipinski definition) is 4. The number of likely N-dealkylation sites (tertiary alicyclic amines) is 1. The van der Waals surface area contributed by atoms with E-state index in [-0.39, 0.29) is 11.9 Å². The fraction of sp³-hybridized carbons (Fsp3) is 0.500. The Labute approximate surface area is 142 Å². The summed E-state index contributed by atoms with van der Waals surface area (Å²) in [4.78, 5) is 19.0. The zero-order valence-corrected chi connectivity index (χ0v) is 14.2. The summed E-state index contributed by atoms with van der Waals surface area (Å²) in [5.74, 6) is -0.123. The second kappa shape index (κ2) is 8.06. The van der Waals surface area contributed by atoms with Gasteiger partial charge in [0.15, 0.2) is 0 Å². The fourth-order valence-corrected chi connectivity index (χ4v) is 3.24. The van der Waals surface area contributed by atoms with Gasteiger partial charge in [0.1, 0.15) is 5.69 Å². The van der Waals surface area contributed by atoms with E-state index in [0.717, 1.165) is 37.2 Å². The smallest absolute Gasteiger partial charge is 0.271 e. The molecule has 1 amide bonds. The van der Waals surface area contributed by atoms with Crippen LogP contribution in [-0.4, -0.2) is 45.6 Å². The third-order valence-electron chi connectivity index (χ3n) is 4.49. The summed E-state index contributed by atoms with van der Waals surface area (Å²) < 4.78 is 0. The van der Waals surface area contributed by atoms with Gasteiger partial charge in [-0.2, -0.15) is 5.10 Å². The van der Waals surface area contributed by atoms with E-state index in [9.17, 15) is 4.79 Å². The molecule has 1 fully saturated rings. The minimum absolute atomic E-state index is 0.123. The molecular formula is C18H25N5O. The van der Waals surface area contributed by atoms with Crippen molar-refractivity contribution in [3.05, 3.63) is 47.5 Å². The molecule has 24 heavy (non-hydrogen) atoms. The molecule has 1 saturated heterocycles. The van der Waals surface area contributed by atoms with Gasteiger partial charge >= 0.3 is 0 Å². The Kier molecular flexibility index (Phi) is 5.59. The van der Waals surface area contributed by atoms with Crippen molar-refractivity contribution in [1.82, 2.24) is 25.4 Å². The number of hydrogen-bond donors (Lipinski definition) is 2. The minimum Gasteiger partial charge on any atom is -0.349 e. The highest BCUT2D eigenvalue weighted by atomic mass is 16.1. The molecule has 6 heteroatoms. The van der Waals surface area contributed by atoms with Crippen molar-refractivity contribution in [3.63, 3.8) is 0 Å². The van der Waals surface area contributed by atoms with Gasteiger partial charge in [0.05, 0.1) is 6.04 Å². The first-order valence-corrected chi connectivity index (χ1v) is 8.74. The number of aromatic nitrogens is 3. The summed E-state index contributed by atoms with van der Waals surface area (Å²) in [5.41, 5.74) is 2.62. The maximum absolute atomic E-state index is 12.4. The van der Waals surface area contributed by atoms with Crippen molar-refractivity contribution >= 4 is 5.91 Å². The van der Waals surface area contributed by atoms with Gasteiger partial charge in [-0.1, -0.05) is 19.4 Å². The van der Waals surface area contributed by atoms with Crippen LogP contribution in [0.15, 0.2) is 30.6 Å². The molecule has 6 nitrogen and oxygen atoms in total. The van der Waals surface area contributed by atoms with Gasteiger partial charge in [-0.3, -0.25) is 19.8 Å². The van der Waals surface area contributed by atoms with E-state index in [1.165, 1.54) is 12.8 Å². The number of aryl methyl sites for hydroxylation is 1. The average molecular weight is 327 g/mol. The zero-order chi connectivity index (χ0) is 16.8. The van der Waals surface area contributed by atoms with Crippen molar-refractivity contribution in [2.45, 2.75) is 38.6 Å². The summed E-state index contributed by atoms with van der Waals surface area (Å²) in [6.45, 7) is 4.81. The zero-order valence-electron chi connectivity index (χ0n) is 14.2. The number of nitrogens with zero attached hydrogens (tertiary/aromatic N) is 3. The number of aromatic amines is 1. The highest BCUT2D eigenvalue weighted by Gasteiger charge is 2.24. The largest absolute Gasteiger partial charge is 0.349 e. The van der Waals surface area contributed by atoms with Gasteiger partial charge in [-0.15, -0.1) is 0 Å². The van der Waals surface area contributed by atoms with Gasteiger partial charge in [0.25, 0.3) is 5.91 Å². The van der Waals surface area contributed by atoms with Crippen molar-refractivity contribution in [1.29, 1.82) is 0 Å².